The summed E-state index contributed by atoms with van der Waals surface area (Å²) in [4.78, 5) is 0. The second kappa shape index (κ2) is 6.06. The number of hydrogen-bond donors (Lipinski definition) is 1. The maximum absolute atomic E-state index is 13.2. The van der Waals surface area contributed by atoms with Gasteiger partial charge in [-0.15, -0.1) is 0 Å². The SMILES string of the molecule is Cc1ccc(C(N)COc2cc(F)ccc2C)cc1C. The van der Waals surface area contributed by atoms with Crippen molar-refractivity contribution in [3.05, 3.63) is 64.5 Å². The monoisotopic (exact) mass is 273 g/mol. The van der Waals surface area contributed by atoms with E-state index in [1.54, 1.807) is 6.07 Å². The van der Waals surface area contributed by atoms with Crippen molar-refractivity contribution in [2.24, 2.45) is 5.73 Å². The number of halogens is 1. The number of ether oxygens (including phenoxy) is 1. The molecule has 0 amide bonds. The molecule has 2 nitrogen and oxygen atoms in total. The Morgan fingerprint density at radius 1 is 1.00 bits per heavy atom. The molecular formula is C17H20FNO. The van der Waals surface area contributed by atoms with E-state index in [0.717, 1.165) is 11.1 Å². The summed E-state index contributed by atoms with van der Waals surface area (Å²) in [6.07, 6.45) is 0. The van der Waals surface area contributed by atoms with Crippen LogP contribution >= 0.6 is 0 Å². The molecule has 0 aliphatic carbocycles. The van der Waals surface area contributed by atoms with E-state index in [2.05, 4.69) is 26.0 Å². The molecule has 0 bridgehead atoms. The summed E-state index contributed by atoms with van der Waals surface area (Å²) in [5.74, 6) is 0.245. The minimum atomic E-state index is -0.301. The van der Waals surface area contributed by atoms with Crippen molar-refractivity contribution in [3.8, 4) is 5.75 Å². The third-order valence-corrected chi connectivity index (χ3v) is 3.53. The lowest BCUT2D eigenvalue weighted by molar-refractivity contribution is 0.287. The van der Waals surface area contributed by atoms with Gasteiger partial charge < -0.3 is 10.5 Å². The fourth-order valence-electron chi connectivity index (χ4n) is 2.00. The van der Waals surface area contributed by atoms with Gasteiger partial charge in [0.2, 0.25) is 0 Å². The fraction of sp³-hybridized carbons (Fsp3) is 0.294. The Bertz CT molecular complexity index is 610. The largest absolute Gasteiger partial charge is 0.491 e. The zero-order valence-electron chi connectivity index (χ0n) is 12.1. The van der Waals surface area contributed by atoms with Crippen LogP contribution in [0, 0.1) is 26.6 Å². The molecule has 0 saturated heterocycles. The van der Waals surface area contributed by atoms with Gasteiger partial charge in [0.05, 0.1) is 6.04 Å². The van der Waals surface area contributed by atoms with Gasteiger partial charge in [0, 0.05) is 6.07 Å². The topological polar surface area (TPSA) is 35.2 Å². The lowest BCUT2D eigenvalue weighted by Crippen LogP contribution is -2.19. The van der Waals surface area contributed by atoms with Crippen LogP contribution in [-0.4, -0.2) is 6.61 Å². The van der Waals surface area contributed by atoms with Crippen molar-refractivity contribution >= 4 is 0 Å². The molecule has 0 aromatic heterocycles. The van der Waals surface area contributed by atoms with Crippen molar-refractivity contribution in [2.45, 2.75) is 26.8 Å². The average molecular weight is 273 g/mol. The summed E-state index contributed by atoms with van der Waals surface area (Å²) in [5, 5.41) is 0. The molecule has 0 aliphatic heterocycles. The molecular weight excluding hydrogens is 253 g/mol. The van der Waals surface area contributed by atoms with Crippen LogP contribution in [0.2, 0.25) is 0 Å². The van der Waals surface area contributed by atoms with Crippen LogP contribution in [0.25, 0.3) is 0 Å². The molecule has 0 radical (unpaired) electrons. The maximum Gasteiger partial charge on any atom is 0.126 e. The zero-order chi connectivity index (χ0) is 14.7. The molecule has 2 aromatic carbocycles. The Labute approximate surface area is 119 Å². The highest BCUT2D eigenvalue weighted by molar-refractivity contribution is 5.34. The van der Waals surface area contributed by atoms with E-state index in [-0.39, 0.29) is 11.9 Å². The molecule has 3 heteroatoms. The van der Waals surface area contributed by atoms with E-state index in [1.807, 2.05) is 13.0 Å². The van der Waals surface area contributed by atoms with Gasteiger partial charge in [0.1, 0.15) is 18.2 Å². The van der Waals surface area contributed by atoms with Gasteiger partial charge in [-0.05, 0) is 49.1 Å². The molecule has 0 heterocycles. The first-order valence-corrected chi connectivity index (χ1v) is 6.69. The molecule has 2 aromatic rings. The Morgan fingerprint density at radius 2 is 1.70 bits per heavy atom. The van der Waals surface area contributed by atoms with Crippen LogP contribution in [0.15, 0.2) is 36.4 Å². The predicted octanol–water partition coefficient (Wildman–Crippen LogP) is 3.83. The Hall–Kier alpha value is -1.87. The quantitative estimate of drug-likeness (QED) is 0.918. The average Bonchev–Trinajstić information content (AvgIpc) is 2.42. The maximum atomic E-state index is 13.2. The van der Waals surface area contributed by atoms with Crippen LogP contribution in [0.1, 0.15) is 28.3 Å². The van der Waals surface area contributed by atoms with Gasteiger partial charge in [0.15, 0.2) is 0 Å². The van der Waals surface area contributed by atoms with Crippen LogP contribution in [0.4, 0.5) is 4.39 Å². The number of benzene rings is 2. The van der Waals surface area contributed by atoms with Gasteiger partial charge in [-0.1, -0.05) is 24.3 Å². The van der Waals surface area contributed by atoms with E-state index >= 15 is 0 Å². The first-order valence-electron chi connectivity index (χ1n) is 6.69. The highest BCUT2D eigenvalue weighted by Crippen LogP contribution is 2.21. The molecule has 1 unspecified atom stereocenters. The molecule has 106 valence electrons. The normalized spacial score (nSPS) is 12.2. The first kappa shape index (κ1) is 14.5. The summed E-state index contributed by atoms with van der Waals surface area (Å²) in [5.41, 5.74) is 10.5. The Balaban J connectivity index is 2.06. The minimum absolute atomic E-state index is 0.225. The summed E-state index contributed by atoms with van der Waals surface area (Å²) in [6, 6.07) is 10.4. The van der Waals surface area contributed by atoms with Crippen molar-refractivity contribution in [2.75, 3.05) is 6.61 Å². The van der Waals surface area contributed by atoms with E-state index < -0.39 is 0 Å². The number of nitrogens with two attached hydrogens (primary N) is 1. The highest BCUT2D eigenvalue weighted by atomic mass is 19.1. The summed E-state index contributed by atoms with van der Waals surface area (Å²) >= 11 is 0. The van der Waals surface area contributed by atoms with Crippen molar-refractivity contribution in [3.63, 3.8) is 0 Å². The number of rotatable bonds is 4. The lowest BCUT2D eigenvalue weighted by atomic mass is 10.0. The highest BCUT2D eigenvalue weighted by Gasteiger charge is 2.09. The third kappa shape index (κ3) is 3.36. The predicted molar refractivity (Wildman–Crippen MR) is 79.5 cm³/mol. The van der Waals surface area contributed by atoms with E-state index in [9.17, 15) is 4.39 Å². The summed E-state index contributed by atoms with van der Waals surface area (Å²) in [6.45, 7) is 6.34. The second-order valence-electron chi connectivity index (χ2n) is 5.17. The first-order chi connectivity index (χ1) is 9.47. The molecule has 2 N–H and O–H groups in total. The van der Waals surface area contributed by atoms with Crippen LogP contribution < -0.4 is 10.5 Å². The van der Waals surface area contributed by atoms with Gasteiger partial charge in [-0.25, -0.2) is 4.39 Å². The molecule has 0 saturated carbocycles. The standard InChI is InChI=1S/C17H20FNO/c1-11-4-6-14(8-13(11)3)16(19)10-20-17-9-15(18)7-5-12(17)2/h4-9,16H,10,19H2,1-3H3. The fourth-order valence-corrected chi connectivity index (χ4v) is 2.00. The van der Waals surface area contributed by atoms with E-state index in [0.29, 0.717) is 12.4 Å². The van der Waals surface area contributed by atoms with Crippen molar-refractivity contribution in [1.29, 1.82) is 0 Å². The second-order valence-corrected chi connectivity index (χ2v) is 5.17. The molecule has 0 aliphatic rings. The van der Waals surface area contributed by atoms with Gasteiger partial charge in [0.25, 0.3) is 0 Å². The summed E-state index contributed by atoms with van der Waals surface area (Å²) in [7, 11) is 0. The van der Waals surface area contributed by atoms with E-state index in [1.165, 1.54) is 23.3 Å². The van der Waals surface area contributed by atoms with E-state index in [4.69, 9.17) is 10.5 Å². The molecule has 2 rings (SSSR count). The third-order valence-electron chi connectivity index (χ3n) is 3.53. The lowest BCUT2D eigenvalue weighted by Gasteiger charge is -2.16. The smallest absolute Gasteiger partial charge is 0.126 e. The van der Waals surface area contributed by atoms with Crippen LogP contribution in [0.5, 0.6) is 5.75 Å². The molecule has 20 heavy (non-hydrogen) atoms. The molecule has 1 atom stereocenters. The Kier molecular flexibility index (Phi) is 4.40. The van der Waals surface area contributed by atoms with Crippen molar-refractivity contribution in [1.82, 2.24) is 0 Å². The molecule has 0 spiro atoms. The van der Waals surface area contributed by atoms with Gasteiger partial charge in [-0.2, -0.15) is 0 Å². The van der Waals surface area contributed by atoms with Gasteiger partial charge >= 0.3 is 0 Å². The zero-order valence-corrected chi connectivity index (χ0v) is 12.1. The number of aryl methyl sites for hydroxylation is 3. The van der Waals surface area contributed by atoms with Gasteiger partial charge in [-0.3, -0.25) is 0 Å². The number of hydrogen-bond acceptors (Lipinski definition) is 2. The van der Waals surface area contributed by atoms with Crippen LogP contribution in [0.3, 0.4) is 0 Å². The molecule has 0 fully saturated rings. The van der Waals surface area contributed by atoms with Crippen molar-refractivity contribution < 1.29 is 9.13 Å². The Morgan fingerprint density at radius 3 is 2.40 bits per heavy atom. The summed E-state index contributed by atoms with van der Waals surface area (Å²) < 4.78 is 18.8. The minimum Gasteiger partial charge on any atom is -0.491 e. The van der Waals surface area contributed by atoms with Crippen LogP contribution in [-0.2, 0) is 0 Å².